The summed E-state index contributed by atoms with van der Waals surface area (Å²) in [6.07, 6.45) is 0.820. The number of aromatic nitrogens is 2. The molecule has 0 aliphatic heterocycles. The Morgan fingerprint density at radius 1 is 1.29 bits per heavy atom. The maximum absolute atomic E-state index is 13.0. The van der Waals surface area contributed by atoms with Crippen molar-refractivity contribution in [1.29, 1.82) is 0 Å². The normalized spacial score (nSPS) is 12.7. The van der Waals surface area contributed by atoms with Crippen LogP contribution in [0.3, 0.4) is 0 Å². The van der Waals surface area contributed by atoms with Gasteiger partial charge in [0.2, 0.25) is 5.91 Å². The van der Waals surface area contributed by atoms with Crippen molar-refractivity contribution in [2.45, 2.75) is 70.1 Å². The third-order valence-corrected chi connectivity index (χ3v) is 5.27. The Morgan fingerprint density at radius 2 is 2.00 bits per heavy atom. The zero-order valence-electron chi connectivity index (χ0n) is 17.0. The lowest BCUT2D eigenvalue weighted by molar-refractivity contribution is -0.120. The third kappa shape index (κ3) is 6.22. The number of thioether (sulfide) groups is 1. The van der Waals surface area contributed by atoms with Crippen LogP contribution in [0.25, 0.3) is 10.9 Å². The molecule has 1 atom stereocenters. The SMILES string of the molecule is CC(C)NC(=O)[C@@H](C)Sc1nc2cc(Cl)ccc2c(=O)n1CCCOC(C)C. The number of hydrogen-bond donors (Lipinski definition) is 1. The van der Waals surface area contributed by atoms with Gasteiger partial charge in [-0.25, -0.2) is 4.98 Å². The minimum absolute atomic E-state index is 0.0503. The van der Waals surface area contributed by atoms with Gasteiger partial charge < -0.3 is 10.1 Å². The van der Waals surface area contributed by atoms with Crippen molar-refractivity contribution in [3.8, 4) is 0 Å². The van der Waals surface area contributed by atoms with Gasteiger partial charge in [-0.05, 0) is 59.2 Å². The maximum Gasteiger partial charge on any atom is 0.262 e. The van der Waals surface area contributed by atoms with E-state index < -0.39 is 0 Å². The standard InChI is InChI=1S/C20H28ClN3O3S/c1-12(2)22-18(25)14(5)28-20-23-17-11-15(21)7-8-16(17)19(26)24(20)9-6-10-27-13(3)4/h7-8,11-14H,6,9-10H2,1-5H3,(H,22,25)/t14-/m1/s1. The van der Waals surface area contributed by atoms with Crippen molar-refractivity contribution < 1.29 is 9.53 Å². The Labute approximate surface area is 175 Å². The molecule has 1 heterocycles. The molecular formula is C20H28ClN3O3S. The van der Waals surface area contributed by atoms with Crippen LogP contribution in [0.5, 0.6) is 0 Å². The predicted octanol–water partition coefficient (Wildman–Crippen LogP) is 3.87. The van der Waals surface area contributed by atoms with E-state index in [1.165, 1.54) is 11.8 Å². The number of carbonyl (C=O) groups is 1. The number of amides is 1. The van der Waals surface area contributed by atoms with Gasteiger partial charge in [0.1, 0.15) is 0 Å². The van der Waals surface area contributed by atoms with Crippen molar-refractivity contribution in [2.24, 2.45) is 0 Å². The summed E-state index contributed by atoms with van der Waals surface area (Å²) in [5, 5.41) is 4.05. The second-order valence-electron chi connectivity index (χ2n) is 7.21. The van der Waals surface area contributed by atoms with E-state index in [0.29, 0.717) is 40.7 Å². The van der Waals surface area contributed by atoms with Crippen LogP contribution in [-0.2, 0) is 16.1 Å². The molecule has 2 aromatic rings. The second kappa shape index (κ2) is 10.3. The molecule has 0 fully saturated rings. The summed E-state index contributed by atoms with van der Waals surface area (Å²) in [4.78, 5) is 30.0. The van der Waals surface area contributed by atoms with Crippen LogP contribution in [0, 0.1) is 0 Å². The van der Waals surface area contributed by atoms with Gasteiger partial charge in [-0.15, -0.1) is 0 Å². The smallest absolute Gasteiger partial charge is 0.262 e. The zero-order valence-corrected chi connectivity index (χ0v) is 18.6. The minimum atomic E-state index is -0.385. The van der Waals surface area contributed by atoms with E-state index in [1.807, 2.05) is 34.6 Å². The monoisotopic (exact) mass is 425 g/mol. The maximum atomic E-state index is 13.0. The molecule has 1 aromatic carbocycles. The summed E-state index contributed by atoms with van der Waals surface area (Å²) in [6, 6.07) is 5.10. The second-order valence-corrected chi connectivity index (χ2v) is 8.95. The molecule has 0 bridgehead atoms. The molecule has 0 aliphatic carbocycles. The lowest BCUT2D eigenvalue weighted by Gasteiger charge is -2.17. The van der Waals surface area contributed by atoms with E-state index in [1.54, 1.807) is 22.8 Å². The van der Waals surface area contributed by atoms with E-state index >= 15 is 0 Å². The van der Waals surface area contributed by atoms with Crippen LogP contribution in [0.2, 0.25) is 5.02 Å². The van der Waals surface area contributed by atoms with Crippen LogP contribution >= 0.6 is 23.4 Å². The van der Waals surface area contributed by atoms with Gasteiger partial charge in [0.15, 0.2) is 5.16 Å². The van der Waals surface area contributed by atoms with Crippen molar-refractivity contribution in [1.82, 2.24) is 14.9 Å². The van der Waals surface area contributed by atoms with Crippen molar-refractivity contribution in [3.05, 3.63) is 33.6 Å². The zero-order chi connectivity index (χ0) is 20.8. The molecule has 0 aliphatic rings. The summed E-state index contributed by atoms with van der Waals surface area (Å²) < 4.78 is 7.21. The number of hydrogen-bond acceptors (Lipinski definition) is 5. The first-order valence-corrected chi connectivity index (χ1v) is 10.7. The van der Waals surface area contributed by atoms with Gasteiger partial charge in [0, 0.05) is 24.2 Å². The molecule has 1 aromatic heterocycles. The molecule has 8 heteroatoms. The van der Waals surface area contributed by atoms with Crippen molar-refractivity contribution >= 4 is 40.2 Å². The highest BCUT2D eigenvalue weighted by molar-refractivity contribution is 8.00. The van der Waals surface area contributed by atoms with Crippen LogP contribution in [-0.4, -0.2) is 39.5 Å². The van der Waals surface area contributed by atoms with Gasteiger partial charge >= 0.3 is 0 Å². The molecule has 0 saturated carbocycles. The first kappa shape index (κ1) is 22.7. The molecule has 154 valence electrons. The summed E-state index contributed by atoms with van der Waals surface area (Å²) in [5.74, 6) is -0.0878. The Morgan fingerprint density at radius 3 is 2.64 bits per heavy atom. The fourth-order valence-corrected chi connectivity index (χ4v) is 3.73. The number of fused-ring (bicyclic) bond motifs is 1. The third-order valence-electron chi connectivity index (χ3n) is 3.94. The fourth-order valence-electron chi connectivity index (χ4n) is 2.62. The average Bonchev–Trinajstić information content (AvgIpc) is 2.59. The number of benzene rings is 1. The van der Waals surface area contributed by atoms with Gasteiger partial charge in [-0.1, -0.05) is 23.4 Å². The molecule has 0 unspecified atom stereocenters. The Hall–Kier alpha value is -1.57. The molecular weight excluding hydrogens is 398 g/mol. The summed E-state index contributed by atoms with van der Waals surface area (Å²) >= 11 is 7.35. The first-order chi connectivity index (χ1) is 13.2. The highest BCUT2D eigenvalue weighted by atomic mass is 35.5. The van der Waals surface area contributed by atoms with Gasteiger partial charge in [0.05, 0.1) is 22.3 Å². The van der Waals surface area contributed by atoms with Gasteiger partial charge in [-0.2, -0.15) is 0 Å². The lowest BCUT2D eigenvalue weighted by Crippen LogP contribution is -2.36. The van der Waals surface area contributed by atoms with Gasteiger partial charge in [-0.3, -0.25) is 14.2 Å². The number of ether oxygens (including phenoxy) is 1. The molecule has 2 rings (SSSR count). The number of nitrogens with one attached hydrogen (secondary N) is 1. The summed E-state index contributed by atoms with van der Waals surface area (Å²) in [7, 11) is 0. The topological polar surface area (TPSA) is 73.2 Å². The van der Waals surface area contributed by atoms with Crippen LogP contribution in [0.4, 0.5) is 0 Å². The minimum Gasteiger partial charge on any atom is -0.379 e. The van der Waals surface area contributed by atoms with Crippen LogP contribution in [0.1, 0.15) is 41.0 Å². The molecule has 28 heavy (non-hydrogen) atoms. The predicted molar refractivity (Wildman–Crippen MR) is 115 cm³/mol. The van der Waals surface area contributed by atoms with E-state index in [9.17, 15) is 9.59 Å². The lowest BCUT2D eigenvalue weighted by atomic mass is 10.2. The first-order valence-electron chi connectivity index (χ1n) is 9.47. The highest BCUT2D eigenvalue weighted by Crippen LogP contribution is 2.24. The number of rotatable bonds is 9. The van der Waals surface area contributed by atoms with E-state index in [4.69, 9.17) is 16.3 Å². The van der Waals surface area contributed by atoms with Crippen LogP contribution < -0.4 is 10.9 Å². The van der Waals surface area contributed by atoms with Gasteiger partial charge in [0.25, 0.3) is 5.56 Å². The van der Waals surface area contributed by atoms with E-state index in [-0.39, 0.29) is 28.9 Å². The molecule has 0 spiro atoms. The molecule has 1 N–H and O–H groups in total. The quantitative estimate of drug-likeness (QED) is 0.375. The largest absolute Gasteiger partial charge is 0.379 e. The average molecular weight is 426 g/mol. The molecule has 6 nitrogen and oxygen atoms in total. The number of halogens is 1. The highest BCUT2D eigenvalue weighted by Gasteiger charge is 2.20. The summed E-state index contributed by atoms with van der Waals surface area (Å²) in [6.45, 7) is 10.6. The molecule has 0 saturated heterocycles. The Kier molecular flexibility index (Phi) is 8.34. The molecule has 1 amide bonds. The van der Waals surface area contributed by atoms with E-state index in [2.05, 4.69) is 10.3 Å². The fraction of sp³-hybridized carbons (Fsp3) is 0.550. The van der Waals surface area contributed by atoms with Crippen molar-refractivity contribution in [2.75, 3.05) is 6.61 Å². The Bertz CT molecular complexity index is 883. The van der Waals surface area contributed by atoms with Crippen LogP contribution in [0.15, 0.2) is 28.2 Å². The summed E-state index contributed by atoms with van der Waals surface area (Å²) in [5.41, 5.74) is 0.399. The number of nitrogens with zero attached hydrogens (tertiary/aromatic N) is 2. The Balaban J connectivity index is 2.35. The molecule has 0 radical (unpaired) electrons. The van der Waals surface area contributed by atoms with E-state index in [0.717, 1.165) is 0 Å². The van der Waals surface area contributed by atoms with Crippen molar-refractivity contribution in [3.63, 3.8) is 0 Å². The number of carbonyl (C=O) groups excluding carboxylic acids is 1.